The summed E-state index contributed by atoms with van der Waals surface area (Å²) < 4.78 is 44.5. The van der Waals surface area contributed by atoms with Crippen LogP contribution >= 0.6 is 23.2 Å². The van der Waals surface area contributed by atoms with Crippen molar-refractivity contribution in [3.63, 3.8) is 0 Å². The van der Waals surface area contributed by atoms with Crippen molar-refractivity contribution in [3.05, 3.63) is 0 Å². The number of alkyl halides is 2. The summed E-state index contributed by atoms with van der Waals surface area (Å²) in [5.41, 5.74) is 4.92. The normalized spacial score (nSPS) is 13.6. The van der Waals surface area contributed by atoms with Crippen molar-refractivity contribution in [2.24, 2.45) is 5.73 Å². The van der Waals surface area contributed by atoms with Crippen molar-refractivity contribution in [1.82, 2.24) is 0 Å². The van der Waals surface area contributed by atoms with Gasteiger partial charge in [0.25, 0.3) is 5.91 Å². The molecule has 0 aliphatic rings. The van der Waals surface area contributed by atoms with Crippen LogP contribution in [0.5, 0.6) is 0 Å². The van der Waals surface area contributed by atoms with Crippen molar-refractivity contribution in [1.29, 1.82) is 0 Å². The summed E-state index contributed by atoms with van der Waals surface area (Å²) in [6, 6.07) is 0. The maximum absolute atomic E-state index is 11.8. The van der Waals surface area contributed by atoms with Gasteiger partial charge in [-0.3, -0.25) is 4.79 Å². The van der Waals surface area contributed by atoms with Gasteiger partial charge in [-0.15, -0.1) is 23.2 Å². The summed E-state index contributed by atoms with van der Waals surface area (Å²) in [6.07, 6.45) is 0. The van der Waals surface area contributed by atoms with Crippen LogP contribution in [-0.4, -0.2) is 50.1 Å². The third-order valence-electron chi connectivity index (χ3n) is 2.33. The molecule has 0 atom stereocenters. The molecule has 0 saturated carbocycles. The summed E-state index contributed by atoms with van der Waals surface area (Å²) in [5.74, 6) is -3.43. The smallest absolute Gasteiger partial charge is 0.254 e. The fourth-order valence-corrected chi connectivity index (χ4v) is 6.16. The fourth-order valence-electron chi connectivity index (χ4n) is 1.09. The average Bonchev–Trinajstić information content (AvgIpc) is 2.15. The Labute approximate surface area is 110 Å². The summed E-state index contributed by atoms with van der Waals surface area (Å²) in [5, 5.41) is 0. The Bertz CT molecular complexity index is 448. The first kappa shape index (κ1) is 16.9. The minimum atomic E-state index is -4.30. The number of halogens is 2. The topological polar surface area (TPSA) is 111 Å². The van der Waals surface area contributed by atoms with Crippen LogP contribution in [0.25, 0.3) is 0 Å². The SMILES string of the molecule is CC(C(N)=O)(S(=O)(=O)CCCl)S(=O)(=O)CCCl. The van der Waals surface area contributed by atoms with Gasteiger partial charge in [-0.05, 0) is 6.92 Å². The number of sulfone groups is 2. The Kier molecular flexibility index (Phi) is 5.71. The van der Waals surface area contributed by atoms with Gasteiger partial charge in [0.2, 0.25) is 4.08 Å². The Morgan fingerprint density at radius 2 is 1.35 bits per heavy atom. The van der Waals surface area contributed by atoms with E-state index in [-0.39, 0.29) is 11.8 Å². The van der Waals surface area contributed by atoms with Crippen molar-refractivity contribution >= 4 is 48.8 Å². The van der Waals surface area contributed by atoms with Gasteiger partial charge in [0, 0.05) is 11.8 Å². The van der Waals surface area contributed by atoms with Crippen LogP contribution in [0.3, 0.4) is 0 Å². The molecule has 102 valence electrons. The van der Waals surface area contributed by atoms with Gasteiger partial charge in [-0.2, -0.15) is 0 Å². The number of carbonyl (C=O) groups is 1. The van der Waals surface area contributed by atoms with Crippen LogP contribution in [-0.2, 0) is 24.5 Å². The predicted octanol–water partition coefficient (Wildman–Crippen LogP) is -0.505. The van der Waals surface area contributed by atoms with Crippen LogP contribution < -0.4 is 5.73 Å². The van der Waals surface area contributed by atoms with E-state index in [1.807, 2.05) is 0 Å². The van der Waals surface area contributed by atoms with E-state index in [2.05, 4.69) is 0 Å². The molecule has 0 aromatic carbocycles. The van der Waals surface area contributed by atoms with E-state index in [1.165, 1.54) is 0 Å². The molecule has 17 heavy (non-hydrogen) atoms. The maximum Gasteiger partial charge on any atom is 0.254 e. The number of nitrogens with two attached hydrogens (primary N) is 1. The number of hydrogen-bond donors (Lipinski definition) is 1. The van der Waals surface area contributed by atoms with Gasteiger partial charge >= 0.3 is 0 Å². The van der Waals surface area contributed by atoms with Crippen LogP contribution in [0.2, 0.25) is 0 Å². The van der Waals surface area contributed by atoms with E-state index in [9.17, 15) is 21.6 Å². The Morgan fingerprint density at radius 1 is 1.06 bits per heavy atom. The first-order valence-corrected chi connectivity index (χ1v) is 8.80. The van der Waals surface area contributed by atoms with E-state index in [4.69, 9.17) is 28.9 Å². The molecule has 0 unspecified atom stereocenters. The van der Waals surface area contributed by atoms with Crippen molar-refractivity contribution in [2.45, 2.75) is 11.0 Å². The third kappa shape index (κ3) is 3.04. The third-order valence-corrected chi connectivity index (χ3v) is 8.94. The van der Waals surface area contributed by atoms with E-state index < -0.39 is 41.2 Å². The highest BCUT2D eigenvalue weighted by Crippen LogP contribution is 2.26. The molecule has 0 aromatic rings. The molecule has 0 heterocycles. The van der Waals surface area contributed by atoms with E-state index in [0.717, 1.165) is 6.92 Å². The molecular weight excluding hydrogens is 313 g/mol. The monoisotopic (exact) mass is 325 g/mol. The molecule has 0 bridgehead atoms. The molecule has 0 fully saturated rings. The Morgan fingerprint density at radius 3 is 1.53 bits per heavy atom. The average molecular weight is 326 g/mol. The highest BCUT2D eigenvalue weighted by atomic mass is 35.5. The lowest BCUT2D eigenvalue weighted by Crippen LogP contribution is -2.55. The lowest BCUT2D eigenvalue weighted by molar-refractivity contribution is -0.118. The van der Waals surface area contributed by atoms with Crippen LogP contribution in [0, 0.1) is 0 Å². The lowest BCUT2D eigenvalue weighted by atomic mass is 10.4. The predicted molar refractivity (Wildman–Crippen MR) is 66.6 cm³/mol. The molecule has 0 aromatic heterocycles. The highest BCUT2D eigenvalue weighted by Gasteiger charge is 2.55. The minimum absolute atomic E-state index is 0.332. The largest absolute Gasteiger partial charge is 0.367 e. The molecule has 0 rings (SSSR count). The number of primary amides is 1. The Balaban J connectivity index is 5.91. The van der Waals surface area contributed by atoms with Gasteiger partial charge in [-0.25, -0.2) is 16.8 Å². The van der Waals surface area contributed by atoms with Crippen LogP contribution in [0.15, 0.2) is 0 Å². The van der Waals surface area contributed by atoms with Crippen molar-refractivity contribution < 1.29 is 21.6 Å². The molecule has 0 radical (unpaired) electrons. The summed E-state index contributed by atoms with van der Waals surface area (Å²) in [7, 11) is -8.61. The standard InChI is InChI=1S/C7H13Cl2NO5S2/c1-7(6(10)11,16(12,13)4-2-8)17(14,15)5-3-9/h2-5H2,1H3,(H2,10,11). The maximum atomic E-state index is 11.8. The first-order chi connectivity index (χ1) is 7.56. The van der Waals surface area contributed by atoms with Gasteiger partial charge in [0.15, 0.2) is 19.7 Å². The highest BCUT2D eigenvalue weighted by molar-refractivity contribution is 8.11. The zero-order valence-corrected chi connectivity index (χ0v) is 12.2. The zero-order chi connectivity index (χ0) is 13.9. The number of hydrogen-bond acceptors (Lipinski definition) is 5. The summed E-state index contributed by atoms with van der Waals surface area (Å²) in [4.78, 5) is 11.2. The quantitative estimate of drug-likeness (QED) is 0.634. The van der Waals surface area contributed by atoms with Crippen LogP contribution in [0.4, 0.5) is 0 Å². The van der Waals surface area contributed by atoms with E-state index >= 15 is 0 Å². The lowest BCUT2D eigenvalue weighted by Gasteiger charge is -2.25. The van der Waals surface area contributed by atoms with Crippen LogP contribution in [0.1, 0.15) is 6.92 Å². The molecule has 2 N–H and O–H groups in total. The summed E-state index contributed by atoms with van der Waals surface area (Å²) in [6.45, 7) is 0.763. The number of amides is 1. The molecule has 0 aliphatic carbocycles. The molecule has 6 nitrogen and oxygen atoms in total. The number of rotatable bonds is 7. The molecule has 0 saturated heterocycles. The number of carbonyl (C=O) groups excluding carboxylic acids is 1. The summed E-state index contributed by atoms with van der Waals surface area (Å²) >= 11 is 10.5. The second-order valence-corrected chi connectivity index (χ2v) is 9.25. The van der Waals surface area contributed by atoms with Crippen molar-refractivity contribution in [2.75, 3.05) is 23.3 Å². The first-order valence-electron chi connectivity index (χ1n) is 4.43. The van der Waals surface area contributed by atoms with Gasteiger partial charge < -0.3 is 5.73 Å². The second-order valence-electron chi connectivity index (χ2n) is 3.33. The van der Waals surface area contributed by atoms with Gasteiger partial charge in [-0.1, -0.05) is 0 Å². The Hall–Kier alpha value is -0.0500. The van der Waals surface area contributed by atoms with E-state index in [1.54, 1.807) is 0 Å². The molecule has 0 aliphatic heterocycles. The second kappa shape index (κ2) is 5.73. The fraction of sp³-hybridized carbons (Fsp3) is 0.857. The van der Waals surface area contributed by atoms with E-state index in [0.29, 0.717) is 0 Å². The van der Waals surface area contributed by atoms with Crippen molar-refractivity contribution in [3.8, 4) is 0 Å². The van der Waals surface area contributed by atoms with Gasteiger partial charge in [0.1, 0.15) is 0 Å². The minimum Gasteiger partial charge on any atom is -0.367 e. The zero-order valence-electron chi connectivity index (χ0n) is 9.02. The molecule has 0 spiro atoms. The molecule has 10 heteroatoms. The van der Waals surface area contributed by atoms with Gasteiger partial charge in [0.05, 0.1) is 11.5 Å². The molecule has 1 amide bonds. The molecular formula is C7H13Cl2NO5S2.